The van der Waals surface area contributed by atoms with Crippen molar-refractivity contribution in [3.63, 3.8) is 0 Å². The van der Waals surface area contributed by atoms with E-state index in [9.17, 15) is 0 Å². The molecule has 0 amide bonds. The molecule has 5 rings (SSSR count). The summed E-state index contributed by atoms with van der Waals surface area (Å²) in [7, 11) is 0. The van der Waals surface area contributed by atoms with Crippen molar-refractivity contribution in [1.29, 1.82) is 0 Å². The molecule has 1 aromatic heterocycles. The second kappa shape index (κ2) is 6.13. The van der Waals surface area contributed by atoms with E-state index in [2.05, 4.69) is 34.5 Å². The largest absolute Gasteiger partial charge is 0.360 e. The lowest BCUT2D eigenvalue weighted by molar-refractivity contribution is 0.798. The summed E-state index contributed by atoms with van der Waals surface area (Å²) in [5.41, 5.74) is 2.23. The van der Waals surface area contributed by atoms with E-state index in [0.29, 0.717) is 0 Å². The summed E-state index contributed by atoms with van der Waals surface area (Å²) >= 11 is 6.07. The Kier molecular flexibility index (Phi) is 3.75. The highest BCUT2D eigenvalue weighted by Crippen LogP contribution is 2.49. The van der Waals surface area contributed by atoms with Crippen molar-refractivity contribution in [3.05, 3.63) is 59.1 Å². The second-order valence-electron chi connectivity index (χ2n) is 7.30. The minimum atomic E-state index is -0.0377. The van der Waals surface area contributed by atoms with E-state index < -0.39 is 0 Å². The molecular formula is C21H21ClN4. The van der Waals surface area contributed by atoms with E-state index in [-0.39, 0.29) is 5.54 Å². The van der Waals surface area contributed by atoms with Crippen molar-refractivity contribution in [3.8, 4) is 0 Å². The Morgan fingerprint density at radius 2 is 1.65 bits per heavy atom. The highest BCUT2D eigenvalue weighted by atomic mass is 35.5. The first-order valence-corrected chi connectivity index (χ1v) is 9.67. The first-order valence-electron chi connectivity index (χ1n) is 9.30. The second-order valence-corrected chi connectivity index (χ2v) is 7.73. The third kappa shape index (κ3) is 2.78. The Hall–Kier alpha value is -2.33. The van der Waals surface area contributed by atoms with Crippen LogP contribution < -0.4 is 10.2 Å². The fraction of sp³-hybridized carbons (Fsp3) is 0.333. The fourth-order valence-electron chi connectivity index (χ4n) is 3.82. The fourth-order valence-corrected chi connectivity index (χ4v) is 3.95. The minimum absolute atomic E-state index is 0.0377. The molecule has 132 valence electrons. The molecule has 0 unspecified atom stereocenters. The highest BCUT2D eigenvalue weighted by Gasteiger charge is 2.45. The topological polar surface area (TPSA) is 41.1 Å². The van der Waals surface area contributed by atoms with Crippen molar-refractivity contribution in [2.45, 2.75) is 31.2 Å². The molecule has 1 saturated carbocycles. The molecule has 2 heterocycles. The van der Waals surface area contributed by atoms with Gasteiger partial charge < -0.3 is 10.2 Å². The first-order chi connectivity index (χ1) is 12.7. The maximum absolute atomic E-state index is 6.07. The van der Waals surface area contributed by atoms with Crippen LogP contribution in [0.2, 0.25) is 5.02 Å². The summed E-state index contributed by atoms with van der Waals surface area (Å²) in [6.07, 6.45) is 4.64. The average Bonchev–Trinajstić information content (AvgIpc) is 3.23. The van der Waals surface area contributed by atoms with Gasteiger partial charge in [-0.15, -0.1) is 0 Å². The molecule has 0 bridgehead atoms. The van der Waals surface area contributed by atoms with Gasteiger partial charge in [0, 0.05) is 23.5 Å². The molecule has 1 N–H and O–H groups in total. The molecular weight excluding hydrogens is 344 g/mol. The molecule has 1 aliphatic carbocycles. The molecule has 2 aromatic carbocycles. The molecule has 1 saturated heterocycles. The van der Waals surface area contributed by atoms with Gasteiger partial charge in [0.05, 0.1) is 11.1 Å². The Bertz CT molecular complexity index is 944. The lowest BCUT2D eigenvalue weighted by Crippen LogP contribution is -2.23. The number of fused-ring (bicyclic) bond motifs is 1. The summed E-state index contributed by atoms with van der Waals surface area (Å²) < 4.78 is 0. The standard InChI is InChI=1S/C21H21ClN4/c22-16-9-7-15(8-10-16)21(11-12-21)25-19-17-5-1-2-6-18(17)23-20(24-19)26-13-3-4-14-26/h1-2,5-10H,3-4,11-14H2,(H,23,24,25). The number of nitrogens with one attached hydrogen (secondary N) is 1. The van der Waals surface area contributed by atoms with E-state index in [0.717, 1.165) is 53.6 Å². The number of nitrogens with zero attached hydrogens (tertiary/aromatic N) is 3. The van der Waals surface area contributed by atoms with Gasteiger partial charge in [0.15, 0.2) is 0 Å². The van der Waals surface area contributed by atoms with Crippen molar-refractivity contribution in [2.75, 3.05) is 23.3 Å². The summed E-state index contributed by atoms with van der Waals surface area (Å²) in [6, 6.07) is 16.4. The number of aromatic nitrogens is 2. The smallest absolute Gasteiger partial charge is 0.227 e. The number of para-hydroxylation sites is 1. The van der Waals surface area contributed by atoms with Crippen LogP contribution in [0.15, 0.2) is 48.5 Å². The zero-order chi connectivity index (χ0) is 17.6. The van der Waals surface area contributed by atoms with E-state index in [1.54, 1.807) is 0 Å². The molecule has 1 aliphatic heterocycles. The van der Waals surface area contributed by atoms with Crippen LogP contribution in [-0.2, 0) is 5.54 Å². The quantitative estimate of drug-likeness (QED) is 0.708. The summed E-state index contributed by atoms with van der Waals surface area (Å²) in [6.45, 7) is 2.08. The van der Waals surface area contributed by atoms with Gasteiger partial charge in [-0.05, 0) is 55.5 Å². The molecule has 4 nitrogen and oxygen atoms in total. The van der Waals surface area contributed by atoms with Gasteiger partial charge >= 0.3 is 0 Å². The molecule has 0 atom stereocenters. The Morgan fingerprint density at radius 3 is 2.38 bits per heavy atom. The van der Waals surface area contributed by atoms with E-state index in [1.807, 2.05) is 24.3 Å². The van der Waals surface area contributed by atoms with E-state index in [1.165, 1.54) is 18.4 Å². The average molecular weight is 365 g/mol. The van der Waals surface area contributed by atoms with Gasteiger partial charge in [-0.2, -0.15) is 4.98 Å². The number of benzene rings is 2. The minimum Gasteiger partial charge on any atom is -0.360 e. The molecule has 3 aromatic rings. The number of anilines is 2. The first kappa shape index (κ1) is 15.9. The summed E-state index contributed by atoms with van der Waals surface area (Å²) in [4.78, 5) is 12.0. The van der Waals surface area contributed by atoms with Gasteiger partial charge in [0.1, 0.15) is 5.82 Å². The lowest BCUT2D eigenvalue weighted by atomic mass is 10.0. The molecule has 26 heavy (non-hydrogen) atoms. The molecule has 5 heteroatoms. The SMILES string of the molecule is Clc1ccc(C2(Nc3nc(N4CCCC4)nc4ccccc34)CC2)cc1. The van der Waals surface area contributed by atoms with Crippen LogP contribution in [0.3, 0.4) is 0 Å². The van der Waals surface area contributed by atoms with Crippen LogP contribution in [-0.4, -0.2) is 23.1 Å². The van der Waals surface area contributed by atoms with Crippen LogP contribution in [0.5, 0.6) is 0 Å². The highest BCUT2D eigenvalue weighted by molar-refractivity contribution is 6.30. The van der Waals surface area contributed by atoms with Crippen molar-refractivity contribution in [2.24, 2.45) is 0 Å². The zero-order valence-electron chi connectivity index (χ0n) is 14.6. The Morgan fingerprint density at radius 1 is 0.923 bits per heavy atom. The maximum atomic E-state index is 6.07. The van der Waals surface area contributed by atoms with Crippen LogP contribution in [0.4, 0.5) is 11.8 Å². The van der Waals surface area contributed by atoms with E-state index >= 15 is 0 Å². The van der Waals surface area contributed by atoms with Gasteiger partial charge in [-0.3, -0.25) is 0 Å². The van der Waals surface area contributed by atoms with Crippen LogP contribution in [0.1, 0.15) is 31.2 Å². The Labute approximate surface area is 158 Å². The number of halogens is 1. The predicted molar refractivity (Wildman–Crippen MR) is 107 cm³/mol. The summed E-state index contributed by atoms with van der Waals surface area (Å²) in [5.74, 6) is 1.78. The Balaban J connectivity index is 1.56. The summed E-state index contributed by atoms with van der Waals surface area (Å²) in [5, 5.41) is 5.60. The monoisotopic (exact) mass is 364 g/mol. The van der Waals surface area contributed by atoms with Crippen molar-refractivity contribution < 1.29 is 0 Å². The third-order valence-electron chi connectivity index (χ3n) is 5.48. The van der Waals surface area contributed by atoms with Crippen molar-refractivity contribution in [1.82, 2.24) is 9.97 Å². The normalized spacial score (nSPS) is 18.3. The maximum Gasteiger partial charge on any atom is 0.227 e. The van der Waals surface area contributed by atoms with Gasteiger partial charge in [0.2, 0.25) is 5.95 Å². The van der Waals surface area contributed by atoms with Crippen LogP contribution >= 0.6 is 11.6 Å². The van der Waals surface area contributed by atoms with E-state index in [4.69, 9.17) is 21.6 Å². The van der Waals surface area contributed by atoms with Gasteiger partial charge in [-0.25, -0.2) is 4.98 Å². The third-order valence-corrected chi connectivity index (χ3v) is 5.74. The number of hydrogen-bond acceptors (Lipinski definition) is 4. The van der Waals surface area contributed by atoms with Gasteiger partial charge in [0.25, 0.3) is 0 Å². The number of hydrogen-bond donors (Lipinski definition) is 1. The van der Waals surface area contributed by atoms with Crippen LogP contribution in [0, 0.1) is 0 Å². The molecule has 0 spiro atoms. The van der Waals surface area contributed by atoms with Gasteiger partial charge in [-0.1, -0.05) is 35.9 Å². The van der Waals surface area contributed by atoms with Crippen molar-refractivity contribution >= 4 is 34.3 Å². The molecule has 0 radical (unpaired) electrons. The molecule has 2 aliphatic rings. The lowest BCUT2D eigenvalue weighted by Gasteiger charge is -2.22. The molecule has 2 fully saturated rings. The predicted octanol–water partition coefficient (Wildman–Crippen LogP) is 4.98. The zero-order valence-corrected chi connectivity index (χ0v) is 15.3. The van der Waals surface area contributed by atoms with Crippen LogP contribution in [0.25, 0.3) is 10.9 Å². The number of rotatable bonds is 4.